The Morgan fingerprint density at radius 3 is 2.34 bits per heavy atom. The first-order valence-electron chi connectivity index (χ1n) is 9.97. The molecule has 0 amide bonds. The SMILES string of the molecule is Cc1cc(CNC(=S)/C=C/c2cc(O)c(O)c(CSCc3ccccc3)c2)cc(O)c1O. The molecule has 32 heavy (non-hydrogen) atoms. The molecular weight excluding hydrogens is 442 g/mol. The molecule has 7 heteroatoms. The summed E-state index contributed by atoms with van der Waals surface area (Å²) in [6, 6.07) is 16.6. The predicted octanol–water partition coefficient (Wildman–Crippen LogP) is 5.38. The summed E-state index contributed by atoms with van der Waals surface area (Å²) < 4.78 is 0. The van der Waals surface area contributed by atoms with Crippen LogP contribution < -0.4 is 5.32 Å². The third-order valence-corrected chi connectivity index (χ3v) is 6.13. The lowest BCUT2D eigenvalue weighted by Crippen LogP contribution is -2.18. The van der Waals surface area contributed by atoms with E-state index in [0.29, 0.717) is 28.4 Å². The average molecular weight is 468 g/mol. The fourth-order valence-electron chi connectivity index (χ4n) is 3.12. The zero-order chi connectivity index (χ0) is 23.1. The van der Waals surface area contributed by atoms with Gasteiger partial charge in [0.05, 0.1) is 4.99 Å². The second kappa shape index (κ2) is 10.9. The molecule has 0 saturated carbocycles. The van der Waals surface area contributed by atoms with Crippen LogP contribution in [0, 0.1) is 6.92 Å². The Labute approximate surface area is 197 Å². The first-order chi connectivity index (χ1) is 15.3. The summed E-state index contributed by atoms with van der Waals surface area (Å²) in [6.45, 7) is 2.10. The molecular formula is C25H25NO4S2. The van der Waals surface area contributed by atoms with Gasteiger partial charge in [0.1, 0.15) is 0 Å². The van der Waals surface area contributed by atoms with Crippen molar-refractivity contribution in [3.63, 3.8) is 0 Å². The van der Waals surface area contributed by atoms with Gasteiger partial charge in [-0.15, -0.1) is 0 Å². The molecule has 0 radical (unpaired) electrons. The van der Waals surface area contributed by atoms with E-state index < -0.39 is 0 Å². The van der Waals surface area contributed by atoms with Crippen molar-refractivity contribution in [2.75, 3.05) is 0 Å². The normalized spacial score (nSPS) is 11.0. The van der Waals surface area contributed by atoms with E-state index in [-0.39, 0.29) is 23.0 Å². The van der Waals surface area contributed by atoms with Gasteiger partial charge in [-0.1, -0.05) is 54.7 Å². The molecule has 0 heterocycles. The van der Waals surface area contributed by atoms with Gasteiger partial charge in [0, 0.05) is 23.6 Å². The van der Waals surface area contributed by atoms with Crippen LogP contribution >= 0.6 is 24.0 Å². The van der Waals surface area contributed by atoms with E-state index in [1.165, 1.54) is 17.7 Å². The molecule has 3 rings (SSSR count). The molecule has 0 aliphatic heterocycles. The van der Waals surface area contributed by atoms with E-state index in [0.717, 1.165) is 16.9 Å². The van der Waals surface area contributed by atoms with Crippen LogP contribution in [0.5, 0.6) is 23.0 Å². The molecule has 0 aromatic heterocycles. The maximum atomic E-state index is 10.2. The van der Waals surface area contributed by atoms with Crippen LogP contribution in [0.1, 0.15) is 27.8 Å². The van der Waals surface area contributed by atoms with Crippen molar-refractivity contribution >= 4 is 35.0 Å². The number of hydrogen-bond acceptors (Lipinski definition) is 6. The molecule has 166 valence electrons. The zero-order valence-corrected chi connectivity index (χ0v) is 19.2. The molecule has 0 aliphatic carbocycles. The van der Waals surface area contributed by atoms with E-state index >= 15 is 0 Å². The molecule has 0 aliphatic rings. The van der Waals surface area contributed by atoms with Gasteiger partial charge >= 0.3 is 0 Å². The highest BCUT2D eigenvalue weighted by molar-refractivity contribution is 7.97. The van der Waals surface area contributed by atoms with Crippen LogP contribution in [0.2, 0.25) is 0 Å². The molecule has 3 aromatic carbocycles. The number of aromatic hydroxyl groups is 4. The number of thioether (sulfide) groups is 1. The van der Waals surface area contributed by atoms with E-state index in [2.05, 4.69) is 17.4 Å². The summed E-state index contributed by atoms with van der Waals surface area (Å²) in [4.78, 5) is 0.475. The predicted molar refractivity (Wildman–Crippen MR) is 134 cm³/mol. The van der Waals surface area contributed by atoms with Gasteiger partial charge in [-0.05, 0) is 53.5 Å². The van der Waals surface area contributed by atoms with Gasteiger partial charge in [-0.25, -0.2) is 0 Å². The standard InChI is InChI=1S/C25H25NO4S2/c1-16-9-19(12-21(27)24(16)29)13-26-23(31)8-7-18-10-20(25(30)22(28)11-18)15-32-14-17-5-3-2-4-6-17/h2-12,27-30H,13-15H2,1H3,(H,26,31)/b8-7+. The van der Waals surface area contributed by atoms with Crippen LogP contribution in [0.25, 0.3) is 6.08 Å². The molecule has 0 unspecified atom stereocenters. The van der Waals surface area contributed by atoms with Crippen LogP contribution in [0.15, 0.2) is 60.7 Å². The Bertz CT molecular complexity index is 1110. The van der Waals surface area contributed by atoms with Gasteiger partial charge in [-0.3, -0.25) is 0 Å². The minimum Gasteiger partial charge on any atom is -0.504 e. The van der Waals surface area contributed by atoms with E-state index in [4.69, 9.17) is 12.2 Å². The molecule has 3 aromatic rings. The smallest absolute Gasteiger partial charge is 0.161 e. The van der Waals surface area contributed by atoms with Gasteiger partial charge in [0.15, 0.2) is 23.0 Å². The molecule has 0 spiro atoms. The number of nitrogens with one attached hydrogen (secondary N) is 1. The van der Waals surface area contributed by atoms with Crippen LogP contribution in [-0.4, -0.2) is 25.4 Å². The Hall–Kier alpha value is -3.16. The molecule has 0 fully saturated rings. The summed E-state index contributed by atoms with van der Waals surface area (Å²) in [6.07, 6.45) is 3.47. The van der Waals surface area contributed by atoms with Gasteiger partial charge in [-0.2, -0.15) is 11.8 Å². The van der Waals surface area contributed by atoms with E-state index in [1.807, 2.05) is 24.3 Å². The first-order valence-corrected chi connectivity index (χ1v) is 11.5. The van der Waals surface area contributed by atoms with Crippen molar-refractivity contribution in [1.29, 1.82) is 0 Å². The Balaban J connectivity index is 1.60. The third kappa shape index (κ3) is 6.42. The van der Waals surface area contributed by atoms with Crippen molar-refractivity contribution in [1.82, 2.24) is 5.32 Å². The highest BCUT2D eigenvalue weighted by Gasteiger charge is 2.09. The van der Waals surface area contributed by atoms with Crippen molar-refractivity contribution < 1.29 is 20.4 Å². The first kappa shape index (κ1) is 23.5. The number of thiocarbonyl (C=S) groups is 1. The highest BCUT2D eigenvalue weighted by atomic mass is 32.2. The zero-order valence-electron chi connectivity index (χ0n) is 17.6. The largest absolute Gasteiger partial charge is 0.504 e. The van der Waals surface area contributed by atoms with E-state index in [1.54, 1.807) is 36.9 Å². The fraction of sp³-hybridized carbons (Fsp3) is 0.160. The lowest BCUT2D eigenvalue weighted by molar-refractivity contribution is 0.400. The summed E-state index contributed by atoms with van der Waals surface area (Å²) in [5.74, 6) is 0.799. The Morgan fingerprint density at radius 1 is 0.906 bits per heavy atom. The van der Waals surface area contributed by atoms with Crippen molar-refractivity contribution in [3.05, 3.63) is 88.5 Å². The van der Waals surface area contributed by atoms with Gasteiger partial charge in [0.2, 0.25) is 0 Å². The lowest BCUT2D eigenvalue weighted by atomic mass is 10.1. The Morgan fingerprint density at radius 2 is 1.62 bits per heavy atom. The monoisotopic (exact) mass is 467 g/mol. The summed E-state index contributed by atoms with van der Waals surface area (Å²) in [7, 11) is 0. The number of hydrogen-bond donors (Lipinski definition) is 5. The van der Waals surface area contributed by atoms with Gasteiger partial charge in [0.25, 0.3) is 0 Å². The van der Waals surface area contributed by atoms with Crippen LogP contribution in [-0.2, 0) is 18.1 Å². The minimum absolute atomic E-state index is 0.106. The highest BCUT2D eigenvalue weighted by Crippen LogP contribution is 2.34. The number of phenolic OH excluding ortho intramolecular Hbond substituents is 4. The fourth-order valence-corrected chi connectivity index (χ4v) is 4.23. The molecule has 0 atom stereocenters. The maximum absolute atomic E-state index is 10.2. The maximum Gasteiger partial charge on any atom is 0.161 e. The quantitative estimate of drug-likeness (QED) is 0.172. The number of phenols is 4. The van der Waals surface area contributed by atoms with Crippen molar-refractivity contribution in [2.24, 2.45) is 0 Å². The van der Waals surface area contributed by atoms with Crippen molar-refractivity contribution in [2.45, 2.75) is 25.0 Å². The molecule has 5 N–H and O–H groups in total. The Kier molecular flexibility index (Phi) is 8.03. The minimum atomic E-state index is -0.170. The van der Waals surface area contributed by atoms with Crippen molar-refractivity contribution in [3.8, 4) is 23.0 Å². The molecule has 0 bridgehead atoms. The summed E-state index contributed by atoms with van der Waals surface area (Å²) in [5.41, 5.74) is 3.94. The second-order valence-electron chi connectivity index (χ2n) is 7.36. The summed E-state index contributed by atoms with van der Waals surface area (Å²) >= 11 is 6.99. The second-order valence-corrected chi connectivity index (χ2v) is 8.78. The third-order valence-electron chi connectivity index (χ3n) is 4.79. The van der Waals surface area contributed by atoms with Crippen LogP contribution in [0.4, 0.5) is 0 Å². The summed E-state index contributed by atoms with van der Waals surface area (Å²) in [5, 5.41) is 42.8. The van der Waals surface area contributed by atoms with E-state index in [9.17, 15) is 20.4 Å². The number of benzene rings is 3. The topological polar surface area (TPSA) is 93.0 Å². The number of aryl methyl sites for hydroxylation is 1. The molecule has 5 nitrogen and oxygen atoms in total. The number of rotatable bonds is 8. The lowest BCUT2D eigenvalue weighted by Gasteiger charge is -2.09. The van der Waals surface area contributed by atoms with Crippen LogP contribution in [0.3, 0.4) is 0 Å². The average Bonchev–Trinajstić information content (AvgIpc) is 2.78. The molecule has 0 saturated heterocycles. The van der Waals surface area contributed by atoms with Gasteiger partial charge < -0.3 is 25.7 Å².